The minimum atomic E-state index is -1.57. The molecule has 36 heavy (non-hydrogen) atoms. The van der Waals surface area contributed by atoms with Gasteiger partial charge in [0.25, 0.3) is 11.8 Å². The zero-order valence-corrected chi connectivity index (χ0v) is 19.6. The van der Waals surface area contributed by atoms with Crippen LogP contribution < -0.4 is 21.1 Å². The van der Waals surface area contributed by atoms with Crippen molar-refractivity contribution in [1.29, 1.82) is 0 Å². The van der Waals surface area contributed by atoms with Gasteiger partial charge in [-0.25, -0.2) is 4.79 Å². The molecule has 0 saturated carbocycles. The lowest BCUT2D eigenvalue weighted by Crippen LogP contribution is -2.57. The second kappa shape index (κ2) is 7.74. The number of aryl methyl sites for hydroxylation is 1. The van der Waals surface area contributed by atoms with Crippen LogP contribution in [-0.4, -0.2) is 53.2 Å². The molecule has 1 aliphatic carbocycles. The lowest BCUT2D eigenvalue weighted by Gasteiger charge is -2.32. The third-order valence-electron chi connectivity index (χ3n) is 6.98. The summed E-state index contributed by atoms with van der Waals surface area (Å²) in [5.41, 5.74) is 8.10. The standard InChI is InChI=1S/C25H23N5O6/c1-12-20(21(26)29-36-12)13-4-6-18-15(7-13)8-19(35-18)25(23(32)27-24(33)28-25)11-30-10-14-3-5-16(34-2)9-17(14)22(30)31/h3-5,7-9,18H,6,10-11H2,1-2H3,(H2,26,29)(H2,27,28,32,33)/t18?,25-/m0/s1. The summed E-state index contributed by atoms with van der Waals surface area (Å²) in [6.07, 6.45) is 5.80. The van der Waals surface area contributed by atoms with E-state index in [0.29, 0.717) is 41.4 Å². The molecule has 0 radical (unpaired) electrons. The third-order valence-corrected chi connectivity index (χ3v) is 6.98. The molecule has 4 aliphatic rings. The molecule has 4 N–H and O–H groups in total. The number of rotatable bonds is 5. The molecule has 1 aromatic heterocycles. The van der Waals surface area contributed by atoms with Gasteiger partial charge >= 0.3 is 6.03 Å². The SMILES string of the molecule is COc1ccc2c(c1)C(=O)N(C[C@@]1(C3=CC4=CC(c5c(N)noc5C)=CCC4O3)NC(=O)NC1=O)C2. The van der Waals surface area contributed by atoms with Gasteiger partial charge in [-0.3, -0.25) is 14.9 Å². The van der Waals surface area contributed by atoms with E-state index in [4.69, 9.17) is 19.7 Å². The van der Waals surface area contributed by atoms with Crippen molar-refractivity contribution in [2.45, 2.75) is 31.5 Å². The van der Waals surface area contributed by atoms with Gasteiger partial charge in [-0.1, -0.05) is 17.3 Å². The molecule has 0 bridgehead atoms. The average Bonchev–Trinajstić information content (AvgIpc) is 3.59. The molecule has 1 fully saturated rings. The molecule has 4 heterocycles. The molecule has 2 atom stereocenters. The van der Waals surface area contributed by atoms with E-state index in [2.05, 4.69) is 15.8 Å². The Labute approximate surface area is 205 Å². The lowest BCUT2D eigenvalue weighted by molar-refractivity contribution is -0.124. The molecular formula is C25H23N5O6. The van der Waals surface area contributed by atoms with Gasteiger partial charge in [-0.15, -0.1) is 0 Å². The van der Waals surface area contributed by atoms with E-state index in [1.165, 1.54) is 12.0 Å². The number of methoxy groups -OCH3 is 1. The summed E-state index contributed by atoms with van der Waals surface area (Å²) in [6.45, 7) is 1.98. The van der Waals surface area contributed by atoms with Crippen molar-refractivity contribution in [3.63, 3.8) is 0 Å². The van der Waals surface area contributed by atoms with Crippen molar-refractivity contribution < 1.29 is 28.4 Å². The van der Waals surface area contributed by atoms with Crippen LogP contribution in [0, 0.1) is 6.92 Å². The van der Waals surface area contributed by atoms with Crippen LogP contribution >= 0.6 is 0 Å². The number of nitrogen functional groups attached to an aromatic ring is 1. The maximum atomic E-state index is 13.2. The molecule has 6 rings (SSSR count). The Morgan fingerprint density at radius 2 is 2.11 bits per heavy atom. The number of urea groups is 1. The number of allylic oxidation sites excluding steroid dienone is 2. The van der Waals surface area contributed by atoms with Gasteiger partial charge < -0.3 is 29.9 Å². The Bertz CT molecular complexity index is 1420. The van der Waals surface area contributed by atoms with E-state index in [0.717, 1.165) is 16.7 Å². The fourth-order valence-electron chi connectivity index (χ4n) is 5.17. The van der Waals surface area contributed by atoms with Crippen LogP contribution in [0.2, 0.25) is 0 Å². The summed E-state index contributed by atoms with van der Waals surface area (Å²) in [4.78, 5) is 40.2. The molecule has 1 unspecified atom stereocenters. The Kier molecular flexibility index (Phi) is 4.72. The summed E-state index contributed by atoms with van der Waals surface area (Å²) in [6, 6.07) is 4.63. The highest BCUT2D eigenvalue weighted by Crippen LogP contribution is 2.40. The van der Waals surface area contributed by atoms with Crippen molar-refractivity contribution in [3.05, 3.63) is 70.2 Å². The Hall–Kier alpha value is -4.54. The van der Waals surface area contributed by atoms with Gasteiger partial charge in [-0.2, -0.15) is 0 Å². The van der Waals surface area contributed by atoms with Crippen molar-refractivity contribution in [2.75, 3.05) is 19.4 Å². The topological polar surface area (TPSA) is 149 Å². The number of hydrogen-bond acceptors (Lipinski definition) is 8. The molecule has 1 aromatic carbocycles. The molecule has 11 nitrogen and oxygen atoms in total. The summed E-state index contributed by atoms with van der Waals surface area (Å²) < 4.78 is 16.6. The van der Waals surface area contributed by atoms with Gasteiger partial charge in [0.05, 0.1) is 19.2 Å². The molecule has 184 valence electrons. The van der Waals surface area contributed by atoms with Gasteiger partial charge in [-0.05, 0) is 47.9 Å². The molecule has 0 spiro atoms. The van der Waals surface area contributed by atoms with Crippen LogP contribution in [0.15, 0.2) is 52.3 Å². The van der Waals surface area contributed by atoms with Crippen LogP contribution in [0.3, 0.4) is 0 Å². The third kappa shape index (κ3) is 3.19. The predicted molar refractivity (Wildman–Crippen MR) is 126 cm³/mol. The second-order valence-corrected chi connectivity index (χ2v) is 9.15. The fraction of sp³-hybridized carbons (Fsp3) is 0.280. The molecule has 1 saturated heterocycles. The van der Waals surface area contributed by atoms with Crippen LogP contribution in [0.5, 0.6) is 5.75 Å². The minimum Gasteiger partial charge on any atom is -0.497 e. The monoisotopic (exact) mass is 489 g/mol. The average molecular weight is 489 g/mol. The quantitative estimate of drug-likeness (QED) is 0.539. The maximum Gasteiger partial charge on any atom is 0.322 e. The predicted octanol–water partition coefficient (Wildman–Crippen LogP) is 1.80. The first-order valence-electron chi connectivity index (χ1n) is 11.4. The van der Waals surface area contributed by atoms with Crippen molar-refractivity contribution >= 4 is 29.2 Å². The summed E-state index contributed by atoms with van der Waals surface area (Å²) >= 11 is 0. The summed E-state index contributed by atoms with van der Waals surface area (Å²) in [7, 11) is 1.53. The number of carbonyl (C=O) groups excluding carboxylic acids is 3. The summed E-state index contributed by atoms with van der Waals surface area (Å²) in [5.74, 6) is 0.893. The molecule has 3 aliphatic heterocycles. The number of nitrogens with zero attached hydrogens (tertiary/aromatic N) is 2. The molecule has 11 heteroatoms. The highest BCUT2D eigenvalue weighted by atomic mass is 16.5. The maximum absolute atomic E-state index is 13.2. The number of nitrogens with one attached hydrogen (secondary N) is 2. The lowest BCUT2D eigenvalue weighted by atomic mass is 9.91. The molecule has 4 amide bonds. The number of hydrogen-bond donors (Lipinski definition) is 3. The van der Waals surface area contributed by atoms with Gasteiger partial charge in [0.15, 0.2) is 11.4 Å². The van der Waals surface area contributed by atoms with Crippen LogP contribution in [0.25, 0.3) is 5.57 Å². The number of aromatic nitrogens is 1. The van der Waals surface area contributed by atoms with Crippen molar-refractivity contribution in [3.8, 4) is 5.75 Å². The van der Waals surface area contributed by atoms with Crippen LogP contribution in [0.4, 0.5) is 10.6 Å². The van der Waals surface area contributed by atoms with Crippen LogP contribution in [-0.2, 0) is 16.1 Å². The van der Waals surface area contributed by atoms with E-state index in [1.807, 2.05) is 18.2 Å². The fourth-order valence-corrected chi connectivity index (χ4v) is 5.17. The van der Waals surface area contributed by atoms with Crippen LogP contribution in [0.1, 0.15) is 33.7 Å². The number of anilines is 1. The number of ether oxygens (including phenoxy) is 2. The Morgan fingerprint density at radius 3 is 2.81 bits per heavy atom. The molecular weight excluding hydrogens is 466 g/mol. The number of amides is 4. The van der Waals surface area contributed by atoms with Crippen molar-refractivity contribution in [2.24, 2.45) is 0 Å². The van der Waals surface area contributed by atoms with Gasteiger partial charge in [0.2, 0.25) is 0 Å². The summed E-state index contributed by atoms with van der Waals surface area (Å²) in [5, 5.41) is 8.84. The number of nitrogens with two attached hydrogens (primary N) is 1. The van der Waals surface area contributed by atoms with E-state index >= 15 is 0 Å². The zero-order chi connectivity index (χ0) is 25.2. The van der Waals surface area contributed by atoms with E-state index in [-0.39, 0.29) is 24.3 Å². The first-order valence-corrected chi connectivity index (χ1v) is 11.4. The number of benzene rings is 1. The number of fused-ring (bicyclic) bond motifs is 2. The van der Waals surface area contributed by atoms with Gasteiger partial charge in [0.1, 0.15) is 23.4 Å². The minimum absolute atomic E-state index is 0.0930. The Balaban J connectivity index is 1.33. The van der Waals surface area contributed by atoms with Gasteiger partial charge in [0, 0.05) is 18.5 Å². The molecule has 2 aromatic rings. The van der Waals surface area contributed by atoms with E-state index in [1.54, 1.807) is 25.1 Å². The second-order valence-electron chi connectivity index (χ2n) is 9.15. The largest absolute Gasteiger partial charge is 0.497 e. The number of imide groups is 1. The highest BCUT2D eigenvalue weighted by molar-refractivity contribution is 6.10. The van der Waals surface area contributed by atoms with E-state index < -0.39 is 17.5 Å². The normalized spacial score (nSPS) is 24.4. The number of carbonyl (C=O) groups is 3. The van der Waals surface area contributed by atoms with Crippen molar-refractivity contribution in [1.82, 2.24) is 20.7 Å². The smallest absolute Gasteiger partial charge is 0.322 e. The Morgan fingerprint density at radius 1 is 1.28 bits per heavy atom. The van der Waals surface area contributed by atoms with E-state index in [9.17, 15) is 14.4 Å². The first kappa shape index (κ1) is 22.0. The highest BCUT2D eigenvalue weighted by Gasteiger charge is 2.55. The first-order chi connectivity index (χ1) is 17.3. The zero-order valence-electron chi connectivity index (χ0n) is 19.6.